The number of aromatic nitrogens is 2. The molecule has 112 valence electrons. The highest BCUT2D eigenvalue weighted by Crippen LogP contribution is 2.32. The third-order valence-electron chi connectivity index (χ3n) is 2.83. The van der Waals surface area contributed by atoms with Gasteiger partial charge in [0.2, 0.25) is 5.13 Å². The third kappa shape index (κ3) is 3.76. The summed E-state index contributed by atoms with van der Waals surface area (Å²) in [5.41, 5.74) is 1.44. The fourth-order valence-corrected chi connectivity index (χ4v) is 3.88. The van der Waals surface area contributed by atoms with Crippen molar-refractivity contribution in [1.29, 1.82) is 0 Å². The first kappa shape index (κ1) is 15.3. The first-order valence-electron chi connectivity index (χ1n) is 6.43. The Kier molecular flexibility index (Phi) is 4.92. The van der Waals surface area contributed by atoms with E-state index in [1.807, 2.05) is 30.3 Å². The van der Waals surface area contributed by atoms with Crippen LogP contribution in [0.15, 0.2) is 52.9 Å². The van der Waals surface area contributed by atoms with Crippen LogP contribution in [0.5, 0.6) is 0 Å². The molecule has 0 unspecified atom stereocenters. The zero-order chi connectivity index (χ0) is 15.4. The van der Waals surface area contributed by atoms with Crippen molar-refractivity contribution in [2.24, 2.45) is 0 Å². The van der Waals surface area contributed by atoms with Crippen LogP contribution in [0.2, 0.25) is 5.02 Å². The van der Waals surface area contributed by atoms with Gasteiger partial charge in [-0.25, -0.2) is 4.39 Å². The van der Waals surface area contributed by atoms with Crippen molar-refractivity contribution in [3.05, 3.63) is 64.9 Å². The highest BCUT2D eigenvalue weighted by molar-refractivity contribution is 8.00. The molecule has 0 bridgehead atoms. The molecule has 22 heavy (non-hydrogen) atoms. The number of nitrogens with one attached hydrogen (secondary N) is 1. The number of hydrogen-bond acceptors (Lipinski definition) is 5. The molecule has 7 heteroatoms. The summed E-state index contributed by atoms with van der Waals surface area (Å²) in [6.45, 7) is 0. The van der Waals surface area contributed by atoms with E-state index in [1.165, 1.54) is 29.2 Å². The number of para-hydroxylation sites is 1. The maximum absolute atomic E-state index is 13.7. The Labute approximate surface area is 140 Å². The maximum Gasteiger partial charge on any atom is 0.210 e. The van der Waals surface area contributed by atoms with Crippen LogP contribution in [0.3, 0.4) is 0 Å². The lowest BCUT2D eigenvalue weighted by Gasteiger charge is -2.03. The Hall–Kier alpha value is -1.63. The molecule has 0 aliphatic carbocycles. The summed E-state index contributed by atoms with van der Waals surface area (Å²) in [7, 11) is 0. The molecule has 0 amide bonds. The van der Waals surface area contributed by atoms with Crippen molar-refractivity contribution in [1.82, 2.24) is 10.2 Å². The standard InChI is InChI=1S/C15H11ClFN3S2/c16-12-7-4-8-13(17)11(12)9-21-15-20-19-14(22-15)18-10-5-2-1-3-6-10/h1-8H,9H2,(H,18,19). The summed E-state index contributed by atoms with van der Waals surface area (Å²) in [4.78, 5) is 0. The maximum atomic E-state index is 13.7. The number of benzene rings is 2. The van der Waals surface area contributed by atoms with Crippen LogP contribution in [0.25, 0.3) is 0 Å². The highest BCUT2D eigenvalue weighted by Gasteiger charge is 2.10. The van der Waals surface area contributed by atoms with Gasteiger partial charge in [0.05, 0.1) is 0 Å². The zero-order valence-corrected chi connectivity index (χ0v) is 13.7. The van der Waals surface area contributed by atoms with E-state index >= 15 is 0 Å². The van der Waals surface area contributed by atoms with E-state index in [4.69, 9.17) is 11.6 Å². The van der Waals surface area contributed by atoms with Gasteiger partial charge >= 0.3 is 0 Å². The Morgan fingerprint density at radius 2 is 1.91 bits per heavy atom. The molecule has 1 heterocycles. The molecule has 0 aliphatic heterocycles. The van der Waals surface area contributed by atoms with E-state index in [-0.39, 0.29) is 5.82 Å². The minimum absolute atomic E-state index is 0.299. The molecule has 2 aromatic carbocycles. The summed E-state index contributed by atoms with van der Waals surface area (Å²) in [5.74, 6) is 0.123. The van der Waals surface area contributed by atoms with E-state index in [0.29, 0.717) is 21.5 Å². The second kappa shape index (κ2) is 7.09. The molecule has 3 aromatic rings. The minimum Gasteiger partial charge on any atom is -0.330 e. The van der Waals surface area contributed by atoms with Crippen molar-refractivity contribution in [3.63, 3.8) is 0 Å². The van der Waals surface area contributed by atoms with E-state index < -0.39 is 0 Å². The fourth-order valence-electron chi connectivity index (χ4n) is 1.77. The van der Waals surface area contributed by atoms with Crippen molar-refractivity contribution in [2.45, 2.75) is 10.1 Å². The summed E-state index contributed by atoms with van der Waals surface area (Å²) >= 11 is 8.85. The second-order valence-corrected chi connectivity index (χ2v) is 6.96. The SMILES string of the molecule is Fc1cccc(Cl)c1CSc1nnc(Nc2ccccc2)s1. The van der Waals surface area contributed by atoms with Gasteiger partial charge in [-0.3, -0.25) is 0 Å². The molecule has 0 radical (unpaired) electrons. The Bertz CT molecular complexity index is 744. The largest absolute Gasteiger partial charge is 0.330 e. The molecule has 3 nitrogen and oxygen atoms in total. The van der Waals surface area contributed by atoms with Crippen LogP contribution in [0, 0.1) is 5.82 Å². The topological polar surface area (TPSA) is 37.8 Å². The number of rotatable bonds is 5. The molecular weight excluding hydrogens is 341 g/mol. The van der Waals surface area contributed by atoms with Gasteiger partial charge in [-0.1, -0.05) is 59.0 Å². The van der Waals surface area contributed by atoms with Gasteiger partial charge in [-0.2, -0.15) is 0 Å². The molecule has 0 spiro atoms. The Balaban J connectivity index is 1.65. The van der Waals surface area contributed by atoms with Gasteiger partial charge < -0.3 is 5.32 Å². The first-order valence-corrected chi connectivity index (χ1v) is 8.61. The quantitative estimate of drug-likeness (QED) is 0.627. The molecular formula is C15H11ClFN3S2. The van der Waals surface area contributed by atoms with E-state index in [9.17, 15) is 4.39 Å². The van der Waals surface area contributed by atoms with Crippen molar-refractivity contribution < 1.29 is 4.39 Å². The van der Waals surface area contributed by atoms with Gasteiger partial charge in [-0.05, 0) is 24.3 Å². The predicted molar refractivity (Wildman–Crippen MR) is 90.6 cm³/mol. The summed E-state index contributed by atoms with van der Waals surface area (Å²) < 4.78 is 14.5. The first-order chi connectivity index (χ1) is 10.7. The number of anilines is 2. The van der Waals surface area contributed by atoms with Crippen LogP contribution >= 0.6 is 34.7 Å². The monoisotopic (exact) mass is 351 g/mol. The molecule has 3 rings (SSSR count). The third-order valence-corrected chi connectivity index (χ3v) is 5.19. The average Bonchev–Trinajstić information content (AvgIpc) is 2.95. The van der Waals surface area contributed by atoms with Crippen molar-refractivity contribution >= 4 is 45.5 Å². The zero-order valence-electron chi connectivity index (χ0n) is 11.3. The molecule has 1 N–H and O–H groups in total. The fraction of sp³-hybridized carbons (Fsp3) is 0.0667. The molecule has 0 aliphatic rings. The van der Waals surface area contributed by atoms with Crippen LogP contribution in [-0.2, 0) is 5.75 Å². The lowest BCUT2D eigenvalue weighted by atomic mass is 10.2. The van der Waals surface area contributed by atoms with Crippen LogP contribution < -0.4 is 5.32 Å². The highest BCUT2D eigenvalue weighted by atomic mass is 35.5. The Morgan fingerprint density at radius 1 is 1.09 bits per heavy atom. The van der Waals surface area contributed by atoms with Gasteiger partial charge in [0.15, 0.2) is 4.34 Å². The minimum atomic E-state index is -0.299. The number of halogens is 2. The average molecular weight is 352 g/mol. The molecule has 1 aromatic heterocycles. The molecule has 0 atom stereocenters. The lowest BCUT2D eigenvalue weighted by Crippen LogP contribution is -1.88. The van der Waals surface area contributed by atoms with Gasteiger partial charge in [0.1, 0.15) is 5.82 Å². The predicted octanol–water partition coefficient (Wildman–Crippen LogP) is 5.37. The van der Waals surface area contributed by atoms with Crippen molar-refractivity contribution in [2.75, 3.05) is 5.32 Å². The number of nitrogens with zero attached hydrogens (tertiary/aromatic N) is 2. The molecule has 0 fully saturated rings. The van der Waals surface area contributed by atoms with Crippen LogP contribution in [0.1, 0.15) is 5.56 Å². The number of hydrogen-bond donors (Lipinski definition) is 1. The van der Waals surface area contributed by atoms with E-state index in [1.54, 1.807) is 12.1 Å². The Morgan fingerprint density at radius 3 is 2.68 bits per heavy atom. The molecule has 0 saturated carbocycles. The van der Waals surface area contributed by atoms with E-state index in [2.05, 4.69) is 15.5 Å². The van der Waals surface area contributed by atoms with Gasteiger partial charge in [0.25, 0.3) is 0 Å². The summed E-state index contributed by atoms with van der Waals surface area (Å²) in [6, 6.07) is 14.4. The summed E-state index contributed by atoms with van der Waals surface area (Å²) in [5, 5.41) is 12.5. The van der Waals surface area contributed by atoms with Crippen LogP contribution in [-0.4, -0.2) is 10.2 Å². The lowest BCUT2D eigenvalue weighted by molar-refractivity contribution is 0.617. The van der Waals surface area contributed by atoms with E-state index in [0.717, 1.165) is 10.0 Å². The summed E-state index contributed by atoms with van der Waals surface area (Å²) in [6.07, 6.45) is 0. The van der Waals surface area contributed by atoms with Crippen LogP contribution in [0.4, 0.5) is 15.2 Å². The van der Waals surface area contributed by atoms with Crippen molar-refractivity contribution in [3.8, 4) is 0 Å². The van der Waals surface area contributed by atoms with Gasteiger partial charge in [-0.15, -0.1) is 10.2 Å². The van der Waals surface area contributed by atoms with Gasteiger partial charge in [0, 0.05) is 22.0 Å². The smallest absolute Gasteiger partial charge is 0.210 e. The number of thioether (sulfide) groups is 1. The molecule has 0 saturated heterocycles. The normalized spacial score (nSPS) is 10.6. The second-order valence-electron chi connectivity index (χ2n) is 4.35.